The van der Waals surface area contributed by atoms with Gasteiger partial charge in [-0.25, -0.2) is 0 Å². The van der Waals surface area contributed by atoms with Crippen molar-refractivity contribution in [2.75, 3.05) is 24.4 Å². The van der Waals surface area contributed by atoms with Crippen molar-refractivity contribution in [2.24, 2.45) is 0 Å². The number of likely N-dealkylation sites (tertiary alicyclic amines) is 1. The number of carbonyl (C=O) groups excluding carboxylic acids is 1. The van der Waals surface area contributed by atoms with Crippen LogP contribution in [0.25, 0.3) is 0 Å². The van der Waals surface area contributed by atoms with Crippen molar-refractivity contribution >= 4 is 21.6 Å². The molecule has 1 aromatic heterocycles. The summed E-state index contributed by atoms with van der Waals surface area (Å²) in [6.07, 6.45) is 3.03. The third kappa shape index (κ3) is 4.16. The summed E-state index contributed by atoms with van der Waals surface area (Å²) in [7, 11) is -3.86. The molecule has 9 heteroatoms. The Bertz CT molecular complexity index is 855. The van der Waals surface area contributed by atoms with Crippen LogP contribution < -0.4 is 9.46 Å². The van der Waals surface area contributed by atoms with Crippen LogP contribution in [0, 0.1) is 0 Å². The molecular formula is C17H22N4O4S. The first kappa shape index (κ1) is 18.2. The first-order valence-electron chi connectivity index (χ1n) is 8.60. The molecule has 26 heavy (non-hydrogen) atoms. The second-order valence-corrected chi connectivity index (χ2v) is 7.68. The molecule has 0 bridgehead atoms. The van der Waals surface area contributed by atoms with Gasteiger partial charge in [-0.15, -0.1) is 0 Å². The van der Waals surface area contributed by atoms with Crippen LogP contribution in [0.15, 0.2) is 35.4 Å². The zero-order valence-electron chi connectivity index (χ0n) is 14.6. The number of ether oxygens (including phenoxy) is 1. The maximum Gasteiger partial charge on any atom is 0.278 e. The lowest BCUT2D eigenvalue weighted by atomic mass is 10.1. The second kappa shape index (κ2) is 7.77. The second-order valence-electron chi connectivity index (χ2n) is 6.03. The molecule has 0 aliphatic carbocycles. The van der Waals surface area contributed by atoms with Crippen molar-refractivity contribution in [1.82, 2.24) is 15.1 Å². The van der Waals surface area contributed by atoms with Gasteiger partial charge in [-0.3, -0.25) is 14.6 Å². The van der Waals surface area contributed by atoms with Gasteiger partial charge in [0.2, 0.25) is 0 Å². The molecule has 0 spiro atoms. The van der Waals surface area contributed by atoms with Gasteiger partial charge in [0.15, 0.2) is 10.7 Å². The van der Waals surface area contributed by atoms with E-state index in [1.54, 1.807) is 29.2 Å². The van der Waals surface area contributed by atoms with Crippen molar-refractivity contribution in [3.05, 3.63) is 36.0 Å². The highest BCUT2D eigenvalue weighted by molar-refractivity contribution is 7.92. The van der Waals surface area contributed by atoms with E-state index in [0.717, 1.165) is 19.3 Å². The summed E-state index contributed by atoms with van der Waals surface area (Å²) in [6, 6.07) is 7.85. The van der Waals surface area contributed by atoms with Gasteiger partial charge in [0.25, 0.3) is 15.9 Å². The topological polar surface area (TPSA) is 104 Å². The summed E-state index contributed by atoms with van der Waals surface area (Å²) in [5.74, 6) is 0.412. The first-order chi connectivity index (χ1) is 12.5. The van der Waals surface area contributed by atoms with Gasteiger partial charge in [0, 0.05) is 24.8 Å². The number of amides is 1. The number of anilines is 1. The summed E-state index contributed by atoms with van der Waals surface area (Å²) in [5.41, 5.74) is 0.505. The smallest absolute Gasteiger partial charge is 0.278 e. The van der Waals surface area contributed by atoms with Gasteiger partial charge in [-0.2, -0.15) is 13.5 Å². The number of piperidine rings is 1. The Morgan fingerprint density at radius 2 is 1.92 bits per heavy atom. The SMILES string of the molecule is CCOc1ccc(NS(=O)(=O)c2cc(C(=O)N3CCCCC3)n[nH]2)cc1. The molecule has 1 aliphatic rings. The predicted octanol–water partition coefficient (Wildman–Crippen LogP) is 2.24. The summed E-state index contributed by atoms with van der Waals surface area (Å²) < 4.78 is 32.8. The molecule has 2 aromatic rings. The number of carbonyl (C=O) groups is 1. The lowest BCUT2D eigenvalue weighted by molar-refractivity contribution is 0.0718. The van der Waals surface area contributed by atoms with E-state index in [0.29, 0.717) is 31.1 Å². The third-order valence-electron chi connectivity index (χ3n) is 4.12. The highest BCUT2D eigenvalue weighted by Gasteiger charge is 2.24. The monoisotopic (exact) mass is 378 g/mol. The van der Waals surface area contributed by atoms with Crippen LogP contribution in [0.3, 0.4) is 0 Å². The van der Waals surface area contributed by atoms with Crippen LogP contribution >= 0.6 is 0 Å². The van der Waals surface area contributed by atoms with Gasteiger partial charge in [-0.1, -0.05) is 0 Å². The molecule has 0 saturated carbocycles. The summed E-state index contributed by atoms with van der Waals surface area (Å²) >= 11 is 0. The Morgan fingerprint density at radius 1 is 1.23 bits per heavy atom. The predicted molar refractivity (Wildman–Crippen MR) is 96.8 cm³/mol. The highest BCUT2D eigenvalue weighted by Crippen LogP contribution is 2.20. The lowest BCUT2D eigenvalue weighted by Gasteiger charge is -2.25. The van der Waals surface area contributed by atoms with E-state index in [1.165, 1.54) is 6.07 Å². The van der Waals surface area contributed by atoms with Crippen molar-refractivity contribution in [2.45, 2.75) is 31.2 Å². The van der Waals surface area contributed by atoms with Crippen LogP contribution in [-0.4, -0.2) is 49.1 Å². The molecule has 1 aliphatic heterocycles. The molecule has 1 saturated heterocycles. The summed E-state index contributed by atoms with van der Waals surface area (Å²) in [5, 5.41) is 6.18. The molecule has 1 aromatic carbocycles. The van der Waals surface area contributed by atoms with Crippen molar-refractivity contribution in [3.8, 4) is 5.75 Å². The normalized spacial score (nSPS) is 14.9. The first-order valence-corrected chi connectivity index (χ1v) is 10.1. The van der Waals surface area contributed by atoms with E-state index in [4.69, 9.17) is 4.74 Å². The van der Waals surface area contributed by atoms with E-state index in [1.807, 2.05) is 6.92 Å². The number of H-pyrrole nitrogens is 1. The molecule has 2 N–H and O–H groups in total. The Kier molecular flexibility index (Phi) is 5.46. The Balaban J connectivity index is 1.71. The minimum atomic E-state index is -3.86. The molecule has 3 rings (SSSR count). The maximum absolute atomic E-state index is 12.5. The number of nitrogens with one attached hydrogen (secondary N) is 2. The highest BCUT2D eigenvalue weighted by atomic mass is 32.2. The van der Waals surface area contributed by atoms with Crippen LogP contribution in [0.5, 0.6) is 5.75 Å². The molecule has 0 atom stereocenters. The quantitative estimate of drug-likeness (QED) is 0.802. The zero-order chi connectivity index (χ0) is 18.6. The number of benzene rings is 1. The molecule has 1 amide bonds. The van der Waals surface area contributed by atoms with Crippen molar-refractivity contribution < 1.29 is 17.9 Å². The average molecular weight is 378 g/mol. The van der Waals surface area contributed by atoms with E-state index in [2.05, 4.69) is 14.9 Å². The fourth-order valence-corrected chi connectivity index (χ4v) is 3.80. The average Bonchev–Trinajstić information content (AvgIpc) is 3.15. The Labute approximate surface area is 152 Å². The van der Waals surface area contributed by atoms with Crippen LogP contribution in [0.1, 0.15) is 36.7 Å². The number of sulfonamides is 1. The Hall–Kier alpha value is -2.55. The standard InChI is InChI=1S/C17H22N4O4S/c1-2-25-14-8-6-13(7-9-14)20-26(23,24)16-12-15(18-19-16)17(22)21-10-4-3-5-11-21/h6-9,12,20H,2-5,10-11H2,1H3,(H,18,19). The van der Waals surface area contributed by atoms with E-state index in [9.17, 15) is 13.2 Å². The van der Waals surface area contributed by atoms with Gasteiger partial charge in [0.05, 0.1) is 6.61 Å². The molecule has 0 unspecified atom stereocenters. The maximum atomic E-state index is 12.5. The van der Waals surface area contributed by atoms with Gasteiger partial charge in [0.1, 0.15) is 5.75 Å². The number of nitrogens with zero attached hydrogens (tertiary/aromatic N) is 2. The van der Waals surface area contributed by atoms with Gasteiger partial charge in [-0.05, 0) is 50.5 Å². The van der Waals surface area contributed by atoms with Crippen LogP contribution in [-0.2, 0) is 10.0 Å². The molecule has 1 fully saturated rings. The van der Waals surface area contributed by atoms with Crippen molar-refractivity contribution in [3.63, 3.8) is 0 Å². The van der Waals surface area contributed by atoms with E-state index >= 15 is 0 Å². The third-order valence-corrected chi connectivity index (χ3v) is 5.42. The zero-order valence-corrected chi connectivity index (χ0v) is 15.4. The van der Waals surface area contributed by atoms with E-state index in [-0.39, 0.29) is 16.6 Å². The number of aromatic nitrogens is 2. The van der Waals surface area contributed by atoms with Gasteiger partial charge < -0.3 is 9.64 Å². The number of hydrogen-bond acceptors (Lipinski definition) is 5. The fourth-order valence-electron chi connectivity index (χ4n) is 2.81. The molecule has 0 radical (unpaired) electrons. The summed E-state index contributed by atoms with van der Waals surface area (Å²) in [6.45, 7) is 3.76. The minimum Gasteiger partial charge on any atom is -0.494 e. The van der Waals surface area contributed by atoms with Crippen LogP contribution in [0.2, 0.25) is 0 Å². The molecule has 2 heterocycles. The van der Waals surface area contributed by atoms with Gasteiger partial charge >= 0.3 is 0 Å². The molecule has 8 nitrogen and oxygen atoms in total. The summed E-state index contributed by atoms with van der Waals surface area (Å²) in [4.78, 5) is 14.1. The van der Waals surface area contributed by atoms with Crippen LogP contribution in [0.4, 0.5) is 5.69 Å². The Morgan fingerprint density at radius 3 is 2.58 bits per heavy atom. The minimum absolute atomic E-state index is 0.110. The number of hydrogen-bond donors (Lipinski definition) is 2. The van der Waals surface area contributed by atoms with Crippen molar-refractivity contribution in [1.29, 1.82) is 0 Å². The molecule has 140 valence electrons. The number of rotatable bonds is 6. The fraction of sp³-hybridized carbons (Fsp3) is 0.412. The van der Waals surface area contributed by atoms with E-state index < -0.39 is 10.0 Å². The largest absolute Gasteiger partial charge is 0.494 e. The number of aromatic amines is 1. The molecular weight excluding hydrogens is 356 g/mol. The lowest BCUT2D eigenvalue weighted by Crippen LogP contribution is -2.35.